The summed E-state index contributed by atoms with van der Waals surface area (Å²) in [7, 11) is 0. The molecule has 0 aliphatic carbocycles. The first-order valence-corrected chi connectivity index (χ1v) is 9.15. The standard InChI is InChI=1S/C20H22FN3O3/c1-14-12-26-10-9-23(14)19-16-7-8-24(17(16)11-18(21)22-19)20(25)27-13-15-5-3-2-4-6-15/h2-6,11,14H,7-10,12-13H2,1H3/t14-/m1/s1. The molecule has 1 atom stereocenters. The minimum Gasteiger partial charge on any atom is -0.444 e. The molecule has 1 aromatic heterocycles. The third kappa shape index (κ3) is 3.60. The fraction of sp³-hybridized carbons (Fsp3) is 0.400. The SMILES string of the molecule is C[C@@H]1COCCN1c1nc(F)cc2c1CCN2C(=O)OCc1ccccc1. The molecule has 6 nitrogen and oxygen atoms in total. The van der Waals surface area contributed by atoms with E-state index in [0.29, 0.717) is 44.2 Å². The Morgan fingerprint density at radius 1 is 1.33 bits per heavy atom. The maximum atomic E-state index is 14.2. The Bertz CT molecular complexity index is 831. The van der Waals surface area contributed by atoms with E-state index in [1.54, 1.807) is 0 Å². The van der Waals surface area contributed by atoms with Gasteiger partial charge in [-0.1, -0.05) is 30.3 Å². The molecule has 1 aromatic carbocycles. The summed E-state index contributed by atoms with van der Waals surface area (Å²) in [6.07, 6.45) is 0.159. The smallest absolute Gasteiger partial charge is 0.414 e. The summed E-state index contributed by atoms with van der Waals surface area (Å²) in [5.74, 6) is 0.0179. The molecule has 2 aliphatic heterocycles. The molecule has 0 bridgehead atoms. The zero-order valence-electron chi connectivity index (χ0n) is 15.2. The third-order valence-electron chi connectivity index (χ3n) is 4.99. The largest absolute Gasteiger partial charge is 0.444 e. The summed E-state index contributed by atoms with van der Waals surface area (Å²) < 4.78 is 25.1. The molecule has 142 valence electrons. The first-order valence-electron chi connectivity index (χ1n) is 9.15. The summed E-state index contributed by atoms with van der Waals surface area (Å²) in [5.41, 5.74) is 2.35. The van der Waals surface area contributed by atoms with Crippen LogP contribution in [0, 0.1) is 5.95 Å². The van der Waals surface area contributed by atoms with E-state index in [9.17, 15) is 9.18 Å². The molecule has 4 rings (SSSR count). The molecule has 0 unspecified atom stereocenters. The topological polar surface area (TPSA) is 54.9 Å². The van der Waals surface area contributed by atoms with Crippen LogP contribution >= 0.6 is 0 Å². The molecule has 7 heteroatoms. The van der Waals surface area contributed by atoms with Crippen LogP contribution < -0.4 is 9.80 Å². The first-order chi connectivity index (χ1) is 13.1. The third-order valence-corrected chi connectivity index (χ3v) is 4.99. The van der Waals surface area contributed by atoms with Crippen LogP contribution in [-0.2, 0) is 22.5 Å². The number of carbonyl (C=O) groups excluding carboxylic acids is 1. The van der Waals surface area contributed by atoms with E-state index >= 15 is 0 Å². The molecule has 2 aliphatic rings. The number of halogens is 1. The first kappa shape index (κ1) is 17.7. The Hall–Kier alpha value is -2.67. The fourth-order valence-corrected chi connectivity index (χ4v) is 3.61. The van der Waals surface area contributed by atoms with Gasteiger partial charge in [-0.3, -0.25) is 4.90 Å². The van der Waals surface area contributed by atoms with Crippen molar-refractivity contribution >= 4 is 17.6 Å². The van der Waals surface area contributed by atoms with Crippen LogP contribution in [0.2, 0.25) is 0 Å². The van der Waals surface area contributed by atoms with Crippen molar-refractivity contribution in [1.29, 1.82) is 0 Å². The van der Waals surface area contributed by atoms with Crippen LogP contribution in [0.1, 0.15) is 18.1 Å². The molecular formula is C20H22FN3O3. The van der Waals surface area contributed by atoms with Gasteiger partial charge in [-0.05, 0) is 18.9 Å². The number of morpholine rings is 1. The van der Waals surface area contributed by atoms with Gasteiger partial charge in [0.15, 0.2) is 0 Å². The van der Waals surface area contributed by atoms with Gasteiger partial charge in [0.25, 0.3) is 0 Å². The summed E-state index contributed by atoms with van der Waals surface area (Å²) >= 11 is 0. The average Bonchev–Trinajstić information content (AvgIpc) is 3.10. The minimum absolute atomic E-state index is 0.108. The van der Waals surface area contributed by atoms with Crippen LogP contribution in [0.15, 0.2) is 36.4 Å². The zero-order valence-corrected chi connectivity index (χ0v) is 15.2. The summed E-state index contributed by atoms with van der Waals surface area (Å²) in [6, 6.07) is 10.9. The van der Waals surface area contributed by atoms with Gasteiger partial charge in [0, 0.05) is 24.7 Å². The van der Waals surface area contributed by atoms with E-state index < -0.39 is 12.0 Å². The second-order valence-corrected chi connectivity index (χ2v) is 6.83. The van der Waals surface area contributed by atoms with Gasteiger partial charge in [-0.25, -0.2) is 9.78 Å². The molecule has 1 saturated heterocycles. The fourth-order valence-electron chi connectivity index (χ4n) is 3.61. The predicted octanol–water partition coefficient (Wildman–Crippen LogP) is 3.15. The molecule has 1 amide bonds. The average molecular weight is 371 g/mol. The van der Waals surface area contributed by atoms with Crippen LogP contribution in [-0.4, -0.2) is 43.4 Å². The molecule has 0 N–H and O–H groups in total. The highest BCUT2D eigenvalue weighted by Gasteiger charge is 2.33. The lowest BCUT2D eigenvalue weighted by Gasteiger charge is -2.35. The lowest BCUT2D eigenvalue weighted by Crippen LogP contribution is -2.44. The number of carbonyl (C=O) groups is 1. The Balaban J connectivity index is 1.55. The summed E-state index contributed by atoms with van der Waals surface area (Å²) in [6.45, 7) is 4.49. The van der Waals surface area contributed by atoms with E-state index in [0.717, 1.165) is 11.1 Å². The van der Waals surface area contributed by atoms with E-state index in [2.05, 4.69) is 9.88 Å². The van der Waals surface area contributed by atoms with Crippen molar-refractivity contribution in [2.45, 2.75) is 26.0 Å². The van der Waals surface area contributed by atoms with Gasteiger partial charge >= 0.3 is 6.09 Å². The van der Waals surface area contributed by atoms with Gasteiger partial charge in [-0.2, -0.15) is 4.39 Å². The summed E-state index contributed by atoms with van der Waals surface area (Å²) in [4.78, 5) is 20.3. The van der Waals surface area contributed by atoms with Crippen molar-refractivity contribution in [3.8, 4) is 0 Å². The highest BCUT2D eigenvalue weighted by atomic mass is 19.1. The number of benzene rings is 1. The van der Waals surface area contributed by atoms with Gasteiger partial charge in [0.05, 0.1) is 24.9 Å². The Kier molecular flexibility index (Phi) is 4.94. The second kappa shape index (κ2) is 7.52. The van der Waals surface area contributed by atoms with Crippen LogP contribution in [0.25, 0.3) is 0 Å². The molecule has 3 heterocycles. The number of amides is 1. The highest BCUT2D eigenvalue weighted by molar-refractivity contribution is 5.91. The van der Waals surface area contributed by atoms with Crippen molar-refractivity contribution in [3.05, 3.63) is 53.5 Å². The molecular weight excluding hydrogens is 349 g/mol. The van der Waals surface area contributed by atoms with E-state index in [1.165, 1.54) is 11.0 Å². The Morgan fingerprint density at radius 2 is 2.15 bits per heavy atom. The number of rotatable bonds is 3. The van der Waals surface area contributed by atoms with Gasteiger partial charge in [0.2, 0.25) is 5.95 Å². The molecule has 1 fully saturated rings. The molecule has 27 heavy (non-hydrogen) atoms. The number of aromatic nitrogens is 1. The minimum atomic E-state index is -0.592. The Morgan fingerprint density at radius 3 is 2.93 bits per heavy atom. The zero-order chi connectivity index (χ0) is 18.8. The molecule has 0 spiro atoms. The van der Waals surface area contributed by atoms with E-state index in [4.69, 9.17) is 9.47 Å². The van der Waals surface area contributed by atoms with Crippen molar-refractivity contribution in [3.63, 3.8) is 0 Å². The van der Waals surface area contributed by atoms with E-state index in [1.807, 2.05) is 37.3 Å². The predicted molar refractivity (Wildman–Crippen MR) is 99.5 cm³/mol. The van der Waals surface area contributed by atoms with Gasteiger partial charge in [-0.15, -0.1) is 0 Å². The van der Waals surface area contributed by atoms with Crippen LogP contribution in [0.3, 0.4) is 0 Å². The van der Waals surface area contributed by atoms with Crippen LogP contribution in [0.5, 0.6) is 0 Å². The lowest BCUT2D eigenvalue weighted by atomic mass is 10.1. The van der Waals surface area contributed by atoms with Crippen LogP contribution in [0.4, 0.5) is 20.7 Å². The highest BCUT2D eigenvalue weighted by Crippen LogP contribution is 2.36. The maximum absolute atomic E-state index is 14.2. The lowest BCUT2D eigenvalue weighted by molar-refractivity contribution is 0.0984. The molecule has 2 aromatic rings. The number of hydrogen-bond donors (Lipinski definition) is 0. The number of nitrogens with zero attached hydrogens (tertiary/aromatic N) is 3. The van der Waals surface area contributed by atoms with Gasteiger partial charge < -0.3 is 14.4 Å². The van der Waals surface area contributed by atoms with Crippen molar-refractivity contribution in [2.75, 3.05) is 36.1 Å². The number of fused-ring (bicyclic) bond motifs is 1. The number of hydrogen-bond acceptors (Lipinski definition) is 5. The van der Waals surface area contributed by atoms with Crippen molar-refractivity contribution in [1.82, 2.24) is 4.98 Å². The second-order valence-electron chi connectivity index (χ2n) is 6.83. The van der Waals surface area contributed by atoms with Crippen molar-refractivity contribution < 1.29 is 18.7 Å². The normalized spacial score (nSPS) is 19.1. The number of pyridine rings is 1. The number of ether oxygens (including phenoxy) is 2. The quantitative estimate of drug-likeness (QED) is 0.776. The number of anilines is 2. The Labute approximate surface area is 157 Å². The molecule has 0 saturated carbocycles. The van der Waals surface area contributed by atoms with E-state index in [-0.39, 0.29) is 12.6 Å². The maximum Gasteiger partial charge on any atom is 0.414 e. The van der Waals surface area contributed by atoms with Crippen molar-refractivity contribution in [2.24, 2.45) is 0 Å². The van der Waals surface area contributed by atoms with Gasteiger partial charge in [0.1, 0.15) is 12.4 Å². The summed E-state index contributed by atoms with van der Waals surface area (Å²) in [5, 5.41) is 0. The molecule has 0 radical (unpaired) electrons. The monoisotopic (exact) mass is 371 g/mol.